The molecule has 18 heavy (non-hydrogen) atoms. The number of aromatic carboxylic acids is 1. The second-order valence-electron chi connectivity index (χ2n) is 3.64. The Morgan fingerprint density at radius 3 is 2.61 bits per heavy atom. The third kappa shape index (κ3) is 4.95. The van der Waals surface area contributed by atoms with E-state index < -0.39 is 18.6 Å². The molecular weight excluding hydrogens is 315 g/mol. The molecule has 0 amide bonds. The molecule has 0 bridgehead atoms. The Hall–Kier alpha value is -1.24. The van der Waals surface area contributed by atoms with E-state index in [1.807, 2.05) is 0 Å². The summed E-state index contributed by atoms with van der Waals surface area (Å²) >= 11 is 3.17. The van der Waals surface area contributed by atoms with E-state index in [9.17, 15) is 18.0 Å². The zero-order valence-corrected chi connectivity index (χ0v) is 10.8. The molecule has 1 aromatic carbocycles. The second-order valence-corrected chi connectivity index (χ2v) is 4.56. The summed E-state index contributed by atoms with van der Waals surface area (Å²) in [4.78, 5) is 10.9. The summed E-state index contributed by atoms with van der Waals surface area (Å²) in [5.74, 6) is -1.12. The first kappa shape index (κ1) is 14.8. The van der Waals surface area contributed by atoms with Gasteiger partial charge in [-0.1, -0.05) is 15.9 Å². The van der Waals surface area contributed by atoms with Gasteiger partial charge in [0.25, 0.3) is 0 Å². The van der Waals surface area contributed by atoms with Crippen molar-refractivity contribution >= 4 is 27.6 Å². The first-order valence-electron chi connectivity index (χ1n) is 5.13. The average Bonchev–Trinajstić information content (AvgIpc) is 2.22. The van der Waals surface area contributed by atoms with E-state index >= 15 is 0 Å². The predicted octanol–water partition coefficient (Wildman–Crippen LogP) is 3.90. The Bertz CT molecular complexity index is 435. The van der Waals surface area contributed by atoms with Gasteiger partial charge in [-0.05, 0) is 24.6 Å². The Kier molecular flexibility index (Phi) is 5.01. The first-order valence-corrected chi connectivity index (χ1v) is 5.92. The summed E-state index contributed by atoms with van der Waals surface area (Å²) in [5, 5.41) is 11.6. The van der Waals surface area contributed by atoms with E-state index in [2.05, 4.69) is 21.2 Å². The monoisotopic (exact) mass is 325 g/mol. The van der Waals surface area contributed by atoms with E-state index in [4.69, 9.17) is 5.11 Å². The molecule has 0 radical (unpaired) electrons. The summed E-state index contributed by atoms with van der Waals surface area (Å²) in [7, 11) is 0. The number of halogens is 4. The third-order valence-corrected chi connectivity index (χ3v) is 2.66. The molecule has 0 spiro atoms. The number of hydrogen-bond acceptors (Lipinski definition) is 2. The van der Waals surface area contributed by atoms with Crippen LogP contribution in [0.2, 0.25) is 0 Å². The van der Waals surface area contributed by atoms with Gasteiger partial charge < -0.3 is 10.4 Å². The molecule has 3 nitrogen and oxygen atoms in total. The molecule has 0 fully saturated rings. The van der Waals surface area contributed by atoms with Crippen LogP contribution in [0, 0.1) is 0 Å². The maximum atomic E-state index is 11.9. The van der Waals surface area contributed by atoms with Crippen molar-refractivity contribution < 1.29 is 23.1 Å². The molecule has 7 heteroatoms. The van der Waals surface area contributed by atoms with Crippen LogP contribution in [0.4, 0.5) is 18.9 Å². The number of nitrogens with one attached hydrogen (secondary N) is 1. The highest BCUT2D eigenvalue weighted by molar-refractivity contribution is 9.10. The van der Waals surface area contributed by atoms with E-state index in [1.165, 1.54) is 12.1 Å². The highest BCUT2D eigenvalue weighted by Gasteiger charge is 2.25. The van der Waals surface area contributed by atoms with Gasteiger partial charge in [0.15, 0.2) is 0 Å². The maximum absolute atomic E-state index is 11.9. The van der Waals surface area contributed by atoms with Crippen LogP contribution in [0.5, 0.6) is 0 Å². The molecule has 2 N–H and O–H groups in total. The van der Waals surface area contributed by atoms with Crippen LogP contribution >= 0.6 is 15.9 Å². The molecule has 0 unspecified atom stereocenters. The van der Waals surface area contributed by atoms with Crippen LogP contribution in [-0.2, 0) is 0 Å². The Morgan fingerprint density at radius 2 is 2.06 bits per heavy atom. The van der Waals surface area contributed by atoms with Gasteiger partial charge in [-0.2, -0.15) is 13.2 Å². The third-order valence-electron chi connectivity index (χ3n) is 2.16. The van der Waals surface area contributed by atoms with Gasteiger partial charge in [0, 0.05) is 23.1 Å². The number of carbonyl (C=O) groups is 1. The lowest BCUT2D eigenvalue weighted by Crippen LogP contribution is -2.12. The van der Waals surface area contributed by atoms with E-state index in [0.717, 1.165) is 0 Å². The normalized spacial score (nSPS) is 11.3. The Balaban J connectivity index is 2.61. The van der Waals surface area contributed by atoms with Crippen molar-refractivity contribution in [3.8, 4) is 0 Å². The number of anilines is 1. The molecule has 0 aliphatic carbocycles. The van der Waals surface area contributed by atoms with Crippen molar-refractivity contribution in [1.82, 2.24) is 0 Å². The van der Waals surface area contributed by atoms with E-state index in [0.29, 0.717) is 10.2 Å². The fourth-order valence-electron chi connectivity index (χ4n) is 1.36. The predicted molar refractivity (Wildman–Crippen MR) is 64.9 cm³/mol. The van der Waals surface area contributed by atoms with Gasteiger partial charge >= 0.3 is 12.1 Å². The minimum absolute atomic E-state index is 0.0326. The van der Waals surface area contributed by atoms with Gasteiger partial charge in [0.1, 0.15) is 0 Å². The van der Waals surface area contributed by atoms with Crippen LogP contribution in [0.25, 0.3) is 0 Å². The minimum Gasteiger partial charge on any atom is -0.478 e. The van der Waals surface area contributed by atoms with Gasteiger partial charge in [-0.15, -0.1) is 0 Å². The lowest BCUT2D eigenvalue weighted by molar-refractivity contribution is -0.134. The Morgan fingerprint density at radius 1 is 1.39 bits per heavy atom. The lowest BCUT2D eigenvalue weighted by Gasteiger charge is -2.11. The largest absolute Gasteiger partial charge is 0.478 e. The molecule has 100 valence electrons. The summed E-state index contributed by atoms with van der Waals surface area (Å²) in [6.45, 7) is 0.0657. The fraction of sp³-hybridized carbons (Fsp3) is 0.364. The number of hydrogen-bond donors (Lipinski definition) is 2. The van der Waals surface area contributed by atoms with Crippen LogP contribution in [0.1, 0.15) is 23.2 Å². The number of carboxylic acids is 1. The SMILES string of the molecule is O=C(O)c1ccc(Br)cc1NCCCC(F)(F)F. The van der Waals surface area contributed by atoms with E-state index in [-0.39, 0.29) is 18.5 Å². The van der Waals surface area contributed by atoms with Crippen LogP contribution in [-0.4, -0.2) is 23.8 Å². The van der Waals surface area contributed by atoms with Crippen molar-refractivity contribution in [2.75, 3.05) is 11.9 Å². The summed E-state index contributed by atoms with van der Waals surface area (Å²) in [5.41, 5.74) is 0.337. The summed E-state index contributed by atoms with van der Waals surface area (Å²) in [6.07, 6.45) is -5.18. The lowest BCUT2D eigenvalue weighted by atomic mass is 10.1. The van der Waals surface area contributed by atoms with Crippen molar-refractivity contribution in [3.05, 3.63) is 28.2 Å². The fourth-order valence-corrected chi connectivity index (χ4v) is 1.72. The van der Waals surface area contributed by atoms with Crippen molar-refractivity contribution in [2.24, 2.45) is 0 Å². The minimum atomic E-state index is -4.19. The van der Waals surface area contributed by atoms with Crippen LogP contribution < -0.4 is 5.32 Å². The molecule has 0 atom stereocenters. The molecule has 1 rings (SSSR count). The molecule has 0 saturated carbocycles. The number of carboxylic acid groups (broad SMARTS) is 1. The van der Waals surface area contributed by atoms with Crippen molar-refractivity contribution in [2.45, 2.75) is 19.0 Å². The standard InChI is InChI=1S/C11H11BrF3NO2/c12-7-2-3-8(10(17)18)9(6-7)16-5-1-4-11(13,14)15/h2-3,6,16H,1,4-5H2,(H,17,18). The van der Waals surface area contributed by atoms with Crippen molar-refractivity contribution in [1.29, 1.82) is 0 Å². The van der Waals surface area contributed by atoms with Crippen LogP contribution in [0.3, 0.4) is 0 Å². The van der Waals surface area contributed by atoms with Gasteiger partial charge in [0.05, 0.1) is 5.56 Å². The smallest absolute Gasteiger partial charge is 0.389 e. The quantitative estimate of drug-likeness (QED) is 0.807. The molecule has 0 heterocycles. The van der Waals surface area contributed by atoms with Crippen LogP contribution in [0.15, 0.2) is 22.7 Å². The maximum Gasteiger partial charge on any atom is 0.389 e. The van der Waals surface area contributed by atoms with E-state index in [1.54, 1.807) is 6.07 Å². The molecular formula is C11H11BrF3NO2. The molecule has 1 aromatic rings. The zero-order chi connectivity index (χ0) is 13.8. The number of benzene rings is 1. The highest BCUT2D eigenvalue weighted by atomic mass is 79.9. The zero-order valence-electron chi connectivity index (χ0n) is 9.22. The van der Waals surface area contributed by atoms with Gasteiger partial charge in [-0.3, -0.25) is 0 Å². The molecule has 0 aromatic heterocycles. The average molecular weight is 326 g/mol. The second kappa shape index (κ2) is 6.08. The first-order chi connectivity index (χ1) is 8.29. The topological polar surface area (TPSA) is 49.3 Å². The summed E-state index contributed by atoms with van der Waals surface area (Å²) < 4.78 is 36.4. The Labute approximate surface area is 110 Å². The molecule has 0 saturated heterocycles. The number of rotatable bonds is 5. The summed E-state index contributed by atoms with van der Waals surface area (Å²) in [6, 6.07) is 4.47. The molecule has 0 aliphatic heterocycles. The molecule has 0 aliphatic rings. The van der Waals surface area contributed by atoms with Gasteiger partial charge in [-0.25, -0.2) is 4.79 Å². The number of alkyl halides is 3. The van der Waals surface area contributed by atoms with Crippen molar-refractivity contribution in [3.63, 3.8) is 0 Å². The highest BCUT2D eigenvalue weighted by Crippen LogP contribution is 2.23. The van der Waals surface area contributed by atoms with Gasteiger partial charge in [0.2, 0.25) is 0 Å².